The van der Waals surface area contributed by atoms with Crippen molar-refractivity contribution in [2.45, 2.75) is 26.1 Å². The molecule has 1 amide bonds. The van der Waals surface area contributed by atoms with Crippen LogP contribution >= 0.6 is 15.9 Å². The van der Waals surface area contributed by atoms with Crippen molar-refractivity contribution in [1.82, 2.24) is 9.88 Å². The third-order valence-electron chi connectivity index (χ3n) is 2.46. The Morgan fingerprint density at radius 1 is 1.39 bits per heavy atom. The second-order valence-corrected chi connectivity index (χ2v) is 4.85. The number of rotatable bonds is 2. The van der Waals surface area contributed by atoms with Crippen LogP contribution in [0.3, 0.4) is 0 Å². The van der Waals surface area contributed by atoms with E-state index in [4.69, 9.17) is 0 Å². The molecule has 0 unspecified atom stereocenters. The van der Waals surface area contributed by atoms with Gasteiger partial charge in [-0.25, -0.2) is 4.98 Å². The van der Waals surface area contributed by atoms with E-state index in [0.29, 0.717) is 0 Å². The zero-order chi connectivity index (χ0) is 14.1. The maximum atomic E-state index is 12.8. The Balaban J connectivity index is 3.29. The van der Waals surface area contributed by atoms with E-state index >= 15 is 0 Å². The van der Waals surface area contributed by atoms with E-state index in [1.807, 2.05) is 0 Å². The lowest BCUT2D eigenvalue weighted by Crippen LogP contribution is -2.34. The van der Waals surface area contributed by atoms with Crippen LogP contribution < -0.4 is 0 Å². The third-order valence-corrected chi connectivity index (χ3v) is 2.90. The van der Waals surface area contributed by atoms with Gasteiger partial charge in [-0.3, -0.25) is 4.79 Å². The predicted octanol–water partition coefficient (Wildman–Crippen LogP) is 3.34. The molecule has 3 nitrogen and oxygen atoms in total. The second-order valence-electron chi connectivity index (χ2n) is 4.04. The summed E-state index contributed by atoms with van der Waals surface area (Å²) in [7, 11) is 1.45. The van der Waals surface area contributed by atoms with Gasteiger partial charge in [0, 0.05) is 13.1 Å². The predicted molar refractivity (Wildman–Crippen MR) is 64.2 cm³/mol. The SMILES string of the molecule is CC(C)N(C)C(=O)c1ccc(Br)nc1C(F)(F)F. The highest BCUT2D eigenvalue weighted by atomic mass is 79.9. The van der Waals surface area contributed by atoms with Gasteiger partial charge in [0.2, 0.25) is 0 Å². The Bertz CT molecular complexity index is 460. The number of pyridine rings is 1. The molecule has 0 aliphatic carbocycles. The number of hydrogen-bond donors (Lipinski definition) is 0. The molecule has 0 aliphatic heterocycles. The molecule has 1 aromatic rings. The van der Waals surface area contributed by atoms with E-state index in [1.165, 1.54) is 18.0 Å². The van der Waals surface area contributed by atoms with Crippen LogP contribution in [0.5, 0.6) is 0 Å². The van der Waals surface area contributed by atoms with Gasteiger partial charge in [-0.05, 0) is 41.9 Å². The van der Waals surface area contributed by atoms with Crippen molar-refractivity contribution >= 4 is 21.8 Å². The summed E-state index contributed by atoms with van der Waals surface area (Å²) >= 11 is 2.87. The first-order valence-corrected chi connectivity index (χ1v) is 5.94. The van der Waals surface area contributed by atoms with Crippen LogP contribution in [-0.4, -0.2) is 28.9 Å². The van der Waals surface area contributed by atoms with Crippen LogP contribution in [0.15, 0.2) is 16.7 Å². The Morgan fingerprint density at radius 2 is 1.94 bits per heavy atom. The van der Waals surface area contributed by atoms with E-state index in [-0.39, 0.29) is 10.6 Å². The fourth-order valence-corrected chi connectivity index (χ4v) is 1.56. The van der Waals surface area contributed by atoms with Gasteiger partial charge >= 0.3 is 6.18 Å². The van der Waals surface area contributed by atoms with Crippen molar-refractivity contribution in [2.24, 2.45) is 0 Å². The summed E-state index contributed by atoms with van der Waals surface area (Å²) < 4.78 is 38.4. The molecule has 0 atom stereocenters. The number of amides is 1. The van der Waals surface area contributed by atoms with Gasteiger partial charge in [-0.15, -0.1) is 0 Å². The number of carbonyl (C=O) groups is 1. The molecule has 7 heteroatoms. The first-order chi connectivity index (χ1) is 8.14. The van der Waals surface area contributed by atoms with Gasteiger partial charge in [0.05, 0.1) is 5.56 Å². The Hall–Kier alpha value is -1.11. The number of halogens is 4. The Kier molecular flexibility index (Phi) is 4.37. The lowest BCUT2D eigenvalue weighted by Gasteiger charge is -2.23. The summed E-state index contributed by atoms with van der Waals surface area (Å²) in [6.07, 6.45) is -4.66. The fraction of sp³-hybridized carbons (Fsp3) is 0.455. The lowest BCUT2D eigenvalue weighted by atomic mass is 10.1. The summed E-state index contributed by atoms with van der Waals surface area (Å²) in [6, 6.07) is 2.25. The number of hydrogen-bond acceptors (Lipinski definition) is 2. The monoisotopic (exact) mass is 324 g/mol. The van der Waals surface area contributed by atoms with E-state index in [0.717, 1.165) is 6.07 Å². The van der Waals surface area contributed by atoms with E-state index in [9.17, 15) is 18.0 Å². The lowest BCUT2D eigenvalue weighted by molar-refractivity contribution is -0.141. The molecule has 1 rings (SSSR count). The minimum absolute atomic E-state index is 0.0403. The van der Waals surface area contributed by atoms with Crippen LogP contribution in [-0.2, 0) is 6.18 Å². The molecule has 1 aromatic heterocycles. The molecule has 0 N–H and O–H groups in total. The third kappa shape index (κ3) is 3.22. The van der Waals surface area contributed by atoms with Crippen LogP contribution in [0.25, 0.3) is 0 Å². The number of aromatic nitrogens is 1. The molecule has 0 bridgehead atoms. The van der Waals surface area contributed by atoms with Crippen LogP contribution in [0, 0.1) is 0 Å². The largest absolute Gasteiger partial charge is 0.434 e. The maximum Gasteiger partial charge on any atom is 0.434 e. The first kappa shape index (κ1) is 14.9. The summed E-state index contributed by atoms with van der Waals surface area (Å²) in [4.78, 5) is 16.5. The molecular weight excluding hydrogens is 313 g/mol. The average molecular weight is 325 g/mol. The Labute approximate surface area is 111 Å². The summed E-state index contributed by atoms with van der Waals surface area (Å²) in [5.74, 6) is -0.697. The molecule has 0 aromatic carbocycles. The van der Waals surface area contributed by atoms with Crippen LogP contribution in [0.2, 0.25) is 0 Å². The van der Waals surface area contributed by atoms with Gasteiger partial charge in [0.1, 0.15) is 4.60 Å². The molecule has 0 fully saturated rings. The quantitative estimate of drug-likeness (QED) is 0.782. The molecule has 100 valence electrons. The molecule has 0 aliphatic rings. The summed E-state index contributed by atoms with van der Waals surface area (Å²) in [6.45, 7) is 3.44. The van der Waals surface area contributed by atoms with Crippen molar-refractivity contribution < 1.29 is 18.0 Å². The first-order valence-electron chi connectivity index (χ1n) is 5.15. The van der Waals surface area contributed by atoms with Crippen molar-refractivity contribution in [1.29, 1.82) is 0 Å². The smallest absolute Gasteiger partial charge is 0.339 e. The van der Waals surface area contributed by atoms with Gasteiger partial charge in [-0.2, -0.15) is 13.2 Å². The van der Waals surface area contributed by atoms with Crippen molar-refractivity contribution in [3.63, 3.8) is 0 Å². The van der Waals surface area contributed by atoms with Gasteiger partial charge in [-0.1, -0.05) is 0 Å². The van der Waals surface area contributed by atoms with Gasteiger partial charge in [0.25, 0.3) is 5.91 Å². The molecule has 1 heterocycles. The molecule has 0 spiro atoms. The minimum atomic E-state index is -4.66. The number of carbonyl (C=O) groups excluding carboxylic acids is 1. The zero-order valence-corrected chi connectivity index (χ0v) is 11.6. The second kappa shape index (κ2) is 5.26. The average Bonchev–Trinajstić information content (AvgIpc) is 2.25. The molecule has 0 saturated heterocycles. The van der Waals surface area contributed by atoms with Crippen LogP contribution in [0.4, 0.5) is 13.2 Å². The van der Waals surface area contributed by atoms with Crippen molar-refractivity contribution in [2.75, 3.05) is 7.05 Å². The van der Waals surface area contributed by atoms with Gasteiger partial charge in [0.15, 0.2) is 5.69 Å². The van der Waals surface area contributed by atoms with Crippen LogP contribution in [0.1, 0.15) is 29.9 Å². The minimum Gasteiger partial charge on any atom is -0.339 e. The highest BCUT2D eigenvalue weighted by Crippen LogP contribution is 2.32. The summed E-state index contributed by atoms with van der Waals surface area (Å²) in [5, 5.41) is 0. The standard InChI is InChI=1S/C11H12BrF3N2O/c1-6(2)17(3)10(18)7-4-5-8(12)16-9(7)11(13,14)15/h4-6H,1-3H3. The molecule has 0 radical (unpaired) electrons. The van der Waals surface area contributed by atoms with E-state index in [1.54, 1.807) is 13.8 Å². The van der Waals surface area contributed by atoms with E-state index < -0.39 is 23.3 Å². The maximum absolute atomic E-state index is 12.8. The highest BCUT2D eigenvalue weighted by Gasteiger charge is 2.38. The number of alkyl halides is 3. The topological polar surface area (TPSA) is 33.2 Å². The Morgan fingerprint density at radius 3 is 2.39 bits per heavy atom. The fourth-order valence-electron chi connectivity index (χ4n) is 1.25. The van der Waals surface area contributed by atoms with Crippen molar-refractivity contribution in [3.8, 4) is 0 Å². The number of nitrogens with zero attached hydrogens (tertiary/aromatic N) is 2. The normalized spacial score (nSPS) is 11.8. The molecule has 18 heavy (non-hydrogen) atoms. The van der Waals surface area contributed by atoms with Gasteiger partial charge < -0.3 is 4.90 Å². The zero-order valence-electron chi connectivity index (χ0n) is 10.0. The van der Waals surface area contributed by atoms with Crippen molar-refractivity contribution in [3.05, 3.63) is 28.0 Å². The van der Waals surface area contributed by atoms with E-state index in [2.05, 4.69) is 20.9 Å². The molecule has 0 saturated carbocycles. The molecular formula is C11H12BrF3N2O. The summed E-state index contributed by atoms with van der Waals surface area (Å²) in [5.41, 5.74) is -1.61. The highest BCUT2D eigenvalue weighted by molar-refractivity contribution is 9.10.